The molecule has 1 aliphatic heterocycles. The van der Waals surface area contributed by atoms with Gasteiger partial charge in [0.2, 0.25) is 5.91 Å². The van der Waals surface area contributed by atoms with E-state index < -0.39 is 5.82 Å². The molecular weight excluding hydrogens is 527 g/mol. The van der Waals surface area contributed by atoms with Gasteiger partial charge in [0.15, 0.2) is 5.82 Å². The minimum atomic E-state index is -0.520. The highest BCUT2D eigenvalue weighted by Gasteiger charge is 2.54. The van der Waals surface area contributed by atoms with Crippen LogP contribution in [0.1, 0.15) is 0 Å². The minimum Gasteiger partial charge on any atom is -0.381 e. The molecule has 1 saturated heterocycles. The van der Waals surface area contributed by atoms with Crippen LogP contribution >= 0.6 is 27.5 Å². The molecule has 176 valence electrons. The van der Waals surface area contributed by atoms with E-state index in [9.17, 15) is 9.18 Å². The summed E-state index contributed by atoms with van der Waals surface area (Å²) < 4.78 is 19.4. The van der Waals surface area contributed by atoms with Gasteiger partial charge in [-0.1, -0.05) is 33.6 Å². The van der Waals surface area contributed by atoms with Crippen molar-refractivity contribution in [2.75, 3.05) is 35.5 Å². The maximum absolute atomic E-state index is 13.9. The third-order valence-corrected chi connectivity index (χ3v) is 6.76. The third kappa shape index (κ3) is 4.79. The molecule has 34 heavy (non-hydrogen) atoms. The first-order chi connectivity index (χ1) is 16.5. The third-order valence-electron chi connectivity index (χ3n) is 6.10. The molecular formula is C24H21BrClFN4O3. The molecule has 0 bridgehead atoms. The van der Waals surface area contributed by atoms with E-state index in [-0.39, 0.29) is 10.9 Å². The minimum absolute atomic E-state index is 0.0207. The lowest BCUT2D eigenvalue weighted by molar-refractivity contribution is -0.111. The van der Waals surface area contributed by atoms with E-state index in [2.05, 4.69) is 31.2 Å². The summed E-state index contributed by atoms with van der Waals surface area (Å²) >= 11 is 9.33. The van der Waals surface area contributed by atoms with Crippen molar-refractivity contribution in [3.05, 3.63) is 65.7 Å². The summed E-state index contributed by atoms with van der Waals surface area (Å²) in [7, 11) is 0. The normalized spacial score (nSPS) is 21.1. The van der Waals surface area contributed by atoms with Gasteiger partial charge in [0.05, 0.1) is 36.0 Å². The Kier molecular flexibility index (Phi) is 6.78. The van der Waals surface area contributed by atoms with E-state index >= 15 is 0 Å². The van der Waals surface area contributed by atoms with Crippen LogP contribution < -0.4 is 10.4 Å². The first-order valence-electron chi connectivity index (χ1n) is 10.8. The van der Waals surface area contributed by atoms with Crippen molar-refractivity contribution >= 4 is 61.5 Å². The topological polar surface area (TPSA) is 76.6 Å². The molecule has 0 spiro atoms. The molecule has 2 heterocycles. The van der Waals surface area contributed by atoms with E-state index in [0.717, 1.165) is 13.2 Å². The van der Waals surface area contributed by atoms with Crippen molar-refractivity contribution in [2.24, 2.45) is 17.8 Å². The van der Waals surface area contributed by atoms with E-state index in [1.165, 1.54) is 24.5 Å². The van der Waals surface area contributed by atoms with Crippen LogP contribution in [0.5, 0.6) is 0 Å². The molecule has 2 atom stereocenters. The van der Waals surface area contributed by atoms with Gasteiger partial charge in [-0.15, -0.1) is 0 Å². The predicted octanol–water partition coefficient (Wildman–Crippen LogP) is 5.27. The van der Waals surface area contributed by atoms with Gasteiger partial charge in [0.1, 0.15) is 12.1 Å². The zero-order valence-corrected chi connectivity index (χ0v) is 20.3. The highest BCUT2D eigenvalue weighted by Crippen LogP contribution is 2.51. The lowest BCUT2D eigenvalue weighted by Gasteiger charge is -2.25. The number of alkyl halides is 1. The van der Waals surface area contributed by atoms with Gasteiger partial charge in [-0.05, 0) is 54.2 Å². The Morgan fingerprint density at radius 3 is 2.85 bits per heavy atom. The molecule has 7 nitrogen and oxygen atoms in total. The Hall–Kier alpha value is -2.59. The van der Waals surface area contributed by atoms with Gasteiger partial charge in [-0.25, -0.2) is 19.4 Å². The maximum atomic E-state index is 13.9. The molecule has 2 aromatic carbocycles. The Morgan fingerprint density at radius 2 is 2.09 bits per heavy atom. The molecule has 1 amide bonds. The molecule has 5 rings (SSSR count). The standard InChI is InChI=1S/C24H21BrClFN4O3/c25-7-1-2-23(32)30-14-3-6-22-16(8-14)24(29-13-28-22)31(15-4-5-21(27)20(26)9-15)34-12-19-17-10-33-11-18(17)19/h1-6,8-9,13,17-19H,7,10-12H2,(H,30,32)/b2-1+. The number of nitrogens with zero attached hydrogens (tertiary/aromatic N) is 3. The van der Waals surface area contributed by atoms with Crippen LogP contribution in [0, 0.1) is 23.6 Å². The maximum Gasteiger partial charge on any atom is 0.248 e. The van der Waals surface area contributed by atoms with E-state index in [4.69, 9.17) is 21.2 Å². The van der Waals surface area contributed by atoms with Crippen molar-refractivity contribution in [1.82, 2.24) is 9.97 Å². The Labute approximate surface area is 209 Å². The molecule has 2 fully saturated rings. The van der Waals surface area contributed by atoms with E-state index in [1.807, 2.05) is 0 Å². The smallest absolute Gasteiger partial charge is 0.248 e. The number of benzene rings is 2. The SMILES string of the molecule is O=C(/C=C/CBr)Nc1ccc2ncnc(N(OCC3C4COCC43)c3ccc(F)c(Cl)c3)c2c1. The van der Waals surface area contributed by atoms with Gasteiger partial charge in [0.25, 0.3) is 0 Å². The summed E-state index contributed by atoms with van der Waals surface area (Å²) in [6, 6.07) is 9.72. The van der Waals surface area contributed by atoms with Crippen molar-refractivity contribution in [1.29, 1.82) is 0 Å². The van der Waals surface area contributed by atoms with Crippen molar-refractivity contribution in [2.45, 2.75) is 0 Å². The molecule has 0 radical (unpaired) electrons. The number of ether oxygens (including phenoxy) is 1. The van der Waals surface area contributed by atoms with Crippen molar-refractivity contribution < 1.29 is 18.8 Å². The average molecular weight is 548 g/mol. The monoisotopic (exact) mass is 546 g/mol. The Morgan fingerprint density at radius 1 is 1.26 bits per heavy atom. The summed E-state index contributed by atoms with van der Waals surface area (Å²) in [5, 5.41) is 5.61. The largest absolute Gasteiger partial charge is 0.381 e. The van der Waals surface area contributed by atoms with Crippen LogP contribution in [0.4, 0.5) is 21.6 Å². The first kappa shape index (κ1) is 23.2. The molecule has 1 saturated carbocycles. The number of aromatic nitrogens is 2. The zero-order valence-electron chi connectivity index (χ0n) is 18.0. The highest BCUT2D eigenvalue weighted by atomic mass is 79.9. The lowest BCUT2D eigenvalue weighted by Crippen LogP contribution is -2.22. The average Bonchev–Trinajstić information content (AvgIpc) is 3.26. The summed E-state index contributed by atoms with van der Waals surface area (Å²) in [4.78, 5) is 27.2. The van der Waals surface area contributed by atoms with Gasteiger partial charge in [-0.3, -0.25) is 9.63 Å². The molecule has 2 aliphatic rings. The van der Waals surface area contributed by atoms with Gasteiger partial charge in [-0.2, -0.15) is 0 Å². The van der Waals surface area contributed by atoms with Gasteiger partial charge in [0, 0.05) is 22.5 Å². The molecule has 1 N–H and O–H groups in total. The van der Waals surface area contributed by atoms with Crippen LogP contribution in [-0.2, 0) is 14.4 Å². The number of amides is 1. The fourth-order valence-corrected chi connectivity index (χ4v) is 4.62. The number of hydrogen-bond acceptors (Lipinski definition) is 6. The summed E-state index contributed by atoms with van der Waals surface area (Å²) in [6.07, 6.45) is 4.60. The van der Waals surface area contributed by atoms with Gasteiger partial charge < -0.3 is 10.1 Å². The van der Waals surface area contributed by atoms with E-state index in [0.29, 0.717) is 57.8 Å². The highest BCUT2D eigenvalue weighted by molar-refractivity contribution is 9.09. The molecule has 1 aliphatic carbocycles. The quantitative estimate of drug-likeness (QED) is 0.235. The fraction of sp³-hybridized carbons (Fsp3) is 0.292. The number of rotatable bonds is 8. The second kappa shape index (κ2) is 9.95. The van der Waals surface area contributed by atoms with Crippen molar-refractivity contribution in [3.63, 3.8) is 0 Å². The number of carbonyl (C=O) groups is 1. The Bertz CT molecular complexity index is 1250. The number of carbonyl (C=O) groups excluding carboxylic acids is 1. The van der Waals surface area contributed by atoms with Crippen LogP contribution in [0.3, 0.4) is 0 Å². The number of halogens is 3. The zero-order chi connectivity index (χ0) is 23.7. The van der Waals surface area contributed by atoms with E-state index in [1.54, 1.807) is 35.4 Å². The summed E-state index contributed by atoms with van der Waals surface area (Å²) in [5.41, 5.74) is 1.78. The number of fused-ring (bicyclic) bond motifs is 2. The van der Waals surface area contributed by atoms with Crippen LogP contribution in [0.25, 0.3) is 10.9 Å². The lowest BCUT2D eigenvalue weighted by atomic mass is 10.2. The van der Waals surface area contributed by atoms with Crippen LogP contribution in [-0.4, -0.2) is 41.0 Å². The summed E-state index contributed by atoms with van der Waals surface area (Å²) in [5.74, 6) is 1.11. The second-order valence-electron chi connectivity index (χ2n) is 8.19. The predicted molar refractivity (Wildman–Crippen MR) is 132 cm³/mol. The van der Waals surface area contributed by atoms with Crippen LogP contribution in [0.2, 0.25) is 5.02 Å². The number of allylic oxidation sites excluding steroid dienone is 1. The fourth-order valence-electron chi connectivity index (χ4n) is 4.25. The first-order valence-corrected chi connectivity index (χ1v) is 12.3. The molecule has 10 heteroatoms. The molecule has 2 unspecified atom stereocenters. The summed E-state index contributed by atoms with van der Waals surface area (Å²) in [6.45, 7) is 1.97. The number of anilines is 3. The molecule has 3 aromatic rings. The molecule has 1 aromatic heterocycles. The second-order valence-corrected chi connectivity index (χ2v) is 9.25. The van der Waals surface area contributed by atoms with Gasteiger partial charge >= 0.3 is 0 Å². The Balaban J connectivity index is 1.49. The van der Waals surface area contributed by atoms with Crippen LogP contribution in [0.15, 0.2) is 54.9 Å². The number of hydrogen-bond donors (Lipinski definition) is 1. The van der Waals surface area contributed by atoms with Crippen molar-refractivity contribution in [3.8, 4) is 0 Å². The number of nitrogens with one attached hydrogen (secondary N) is 1.